The number of anilines is 1. The van der Waals surface area contributed by atoms with Gasteiger partial charge in [0.15, 0.2) is 0 Å². The van der Waals surface area contributed by atoms with E-state index in [0.29, 0.717) is 17.3 Å². The van der Waals surface area contributed by atoms with E-state index >= 15 is 0 Å². The van der Waals surface area contributed by atoms with Gasteiger partial charge in [0.05, 0.1) is 5.69 Å². The summed E-state index contributed by atoms with van der Waals surface area (Å²) in [5, 5.41) is 10.9. The van der Waals surface area contributed by atoms with Crippen LogP contribution in [0.1, 0.15) is 18.2 Å². The molecule has 0 aliphatic rings. The quantitative estimate of drug-likeness (QED) is 0.569. The van der Waals surface area contributed by atoms with E-state index in [9.17, 15) is 5.21 Å². The van der Waals surface area contributed by atoms with Gasteiger partial charge in [-0.3, -0.25) is 0 Å². The van der Waals surface area contributed by atoms with E-state index in [1.807, 2.05) is 19.3 Å². The Kier molecular flexibility index (Phi) is 2.89. The lowest BCUT2D eigenvalue weighted by Gasteiger charge is -2.16. The van der Waals surface area contributed by atoms with E-state index < -0.39 is 0 Å². The van der Waals surface area contributed by atoms with E-state index in [1.165, 1.54) is 0 Å². The summed E-state index contributed by atoms with van der Waals surface area (Å²) in [6, 6.07) is 1.67. The molecule has 12 heavy (non-hydrogen) atoms. The molecule has 3 nitrogen and oxygen atoms in total. The van der Waals surface area contributed by atoms with Gasteiger partial charge in [0.2, 0.25) is 0 Å². The summed E-state index contributed by atoms with van der Waals surface area (Å²) >= 11 is 5.72. The summed E-state index contributed by atoms with van der Waals surface area (Å²) in [6.45, 7) is 3.76. The molecule has 0 aliphatic heterocycles. The highest BCUT2D eigenvalue weighted by Gasteiger charge is 2.03. The monoisotopic (exact) mass is 185 g/mol. The second-order valence-corrected chi connectivity index (χ2v) is 2.93. The van der Waals surface area contributed by atoms with Crippen molar-refractivity contribution in [1.82, 2.24) is 4.98 Å². The van der Waals surface area contributed by atoms with Gasteiger partial charge in [0, 0.05) is 5.69 Å². The van der Waals surface area contributed by atoms with Gasteiger partial charge < -0.3 is 10.7 Å². The van der Waals surface area contributed by atoms with Crippen LogP contribution in [0.5, 0.6) is 0 Å². The van der Waals surface area contributed by atoms with Gasteiger partial charge in [-0.1, -0.05) is 18.5 Å². The van der Waals surface area contributed by atoms with Crippen molar-refractivity contribution < 1.29 is 0 Å². The molecule has 1 aromatic rings. The molecule has 1 N–H and O–H groups in total. The summed E-state index contributed by atoms with van der Waals surface area (Å²) in [7, 11) is 0. The second-order valence-electron chi connectivity index (χ2n) is 2.54. The van der Waals surface area contributed by atoms with E-state index in [4.69, 9.17) is 11.6 Å². The Balaban J connectivity index is 3.24. The summed E-state index contributed by atoms with van der Waals surface area (Å²) < 4.78 is 0. The first-order valence-corrected chi connectivity index (χ1v) is 4.11. The van der Waals surface area contributed by atoms with Crippen LogP contribution in [0.3, 0.4) is 0 Å². The molecule has 4 heteroatoms. The average Bonchev–Trinajstić information content (AvgIpc) is 2.03. The largest absolute Gasteiger partial charge is 0.761 e. The van der Waals surface area contributed by atoms with Crippen LogP contribution in [0, 0.1) is 12.1 Å². The summed E-state index contributed by atoms with van der Waals surface area (Å²) in [5.41, 5.74) is 3.97. The van der Waals surface area contributed by atoms with Crippen LogP contribution >= 0.6 is 11.6 Å². The molecule has 0 aliphatic carbocycles. The maximum Gasteiger partial charge on any atom is 0.129 e. The van der Waals surface area contributed by atoms with Crippen molar-refractivity contribution in [3.05, 3.63) is 27.7 Å². The highest BCUT2D eigenvalue weighted by molar-refractivity contribution is 6.29. The Morgan fingerprint density at radius 3 is 2.83 bits per heavy atom. The molecule has 0 amide bonds. The van der Waals surface area contributed by atoms with Crippen molar-refractivity contribution in [2.24, 2.45) is 0 Å². The third-order valence-corrected chi connectivity index (χ3v) is 1.89. The van der Waals surface area contributed by atoms with Crippen LogP contribution in [-0.4, -0.2) is 4.98 Å². The molecule has 1 rings (SSSR count). The van der Waals surface area contributed by atoms with Crippen molar-refractivity contribution in [2.75, 3.05) is 5.48 Å². The Morgan fingerprint density at radius 1 is 1.67 bits per heavy atom. The van der Waals surface area contributed by atoms with Crippen molar-refractivity contribution in [3.8, 4) is 0 Å². The lowest BCUT2D eigenvalue weighted by Crippen LogP contribution is -1.99. The summed E-state index contributed by atoms with van der Waals surface area (Å²) in [4.78, 5) is 4.03. The van der Waals surface area contributed by atoms with Crippen LogP contribution in [0.25, 0.3) is 0 Å². The van der Waals surface area contributed by atoms with Crippen molar-refractivity contribution in [2.45, 2.75) is 20.3 Å². The number of rotatable bonds is 2. The van der Waals surface area contributed by atoms with Crippen LogP contribution in [-0.2, 0) is 6.42 Å². The number of hydrogen-bond acceptors (Lipinski definition) is 3. The maximum absolute atomic E-state index is 10.5. The van der Waals surface area contributed by atoms with Gasteiger partial charge in [-0.25, -0.2) is 4.98 Å². The molecule has 0 radical (unpaired) electrons. The zero-order valence-corrected chi connectivity index (χ0v) is 7.77. The number of pyridine rings is 1. The molecule has 0 spiro atoms. The molecular weight excluding hydrogens is 176 g/mol. The molecule has 0 bridgehead atoms. The molecule has 1 heterocycles. The number of nitrogens with zero attached hydrogens (tertiary/aromatic N) is 1. The minimum atomic E-state index is 0.434. The van der Waals surface area contributed by atoms with Crippen molar-refractivity contribution in [3.63, 3.8) is 0 Å². The van der Waals surface area contributed by atoms with Crippen molar-refractivity contribution in [1.29, 1.82) is 0 Å². The van der Waals surface area contributed by atoms with Crippen LogP contribution < -0.4 is 5.48 Å². The minimum absolute atomic E-state index is 0.434. The molecule has 0 saturated carbocycles. The zero-order chi connectivity index (χ0) is 9.14. The Labute approximate surface area is 76.3 Å². The Morgan fingerprint density at radius 2 is 2.33 bits per heavy atom. The molecular formula is C8H10ClN2O-. The van der Waals surface area contributed by atoms with Gasteiger partial charge in [-0.15, -0.1) is 0 Å². The fourth-order valence-electron chi connectivity index (χ4n) is 1.09. The smallest absolute Gasteiger partial charge is 0.129 e. The SMILES string of the molecule is CCc1nc(Cl)cc(C)c1N[O-]. The number of halogens is 1. The molecule has 0 atom stereocenters. The zero-order valence-electron chi connectivity index (χ0n) is 7.02. The number of nitrogens with one attached hydrogen (secondary N) is 1. The standard InChI is InChI=1S/C8H10ClN2O/c1-3-6-8(11-12)5(2)4-7(9)10-6/h4,11H,3H2,1-2H3/q-1. The Hall–Kier alpha value is -0.800. The highest BCUT2D eigenvalue weighted by atomic mass is 35.5. The highest BCUT2D eigenvalue weighted by Crippen LogP contribution is 2.22. The lowest BCUT2D eigenvalue weighted by atomic mass is 10.2. The van der Waals surface area contributed by atoms with E-state index in [1.54, 1.807) is 6.07 Å². The summed E-state index contributed by atoms with van der Waals surface area (Å²) in [5.74, 6) is 0. The summed E-state index contributed by atoms with van der Waals surface area (Å²) in [6.07, 6.45) is 0.700. The van der Waals surface area contributed by atoms with Gasteiger partial charge in [0.1, 0.15) is 5.15 Å². The van der Waals surface area contributed by atoms with Crippen LogP contribution in [0.2, 0.25) is 5.15 Å². The first-order valence-electron chi connectivity index (χ1n) is 3.73. The normalized spacial score (nSPS) is 10.0. The number of aryl methyl sites for hydroxylation is 2. The van der Waals surface area contributed by atoms with Gasteiger partial charge in [-0.05, 0) is 25.0 Å². The second kappa shape index (κ2) is 3.74. The number of aromatic nitrogens is 1. The first-order chi connectivity index (χ1) is 5.69. The first kappa shape index (κ1) is 9.29. The van der Waals surface area contributed by atoms with Gasteiger partial charge >= 0.3 is 0 Å². The third-order valence-electron chi connectivity index (χ3n) is 1.70. The van der Waals surface area contributed by atoms with E-state index in [0.717, 1.165) is 11.3 Å². The van der Waals surface area contributed by atoms with Gasteiger partial charge in [-0.2, -0.15) is 0 Å². The molecule has 1 aromatic heterocycles. The van der Waals surface area contributed by atoms with E-state index in [2.05, 4.69) is 4.98 Å². The topological polar surface area (TPSA) is 48.0 Å². The molecule has 0 fully saturated rings. The molecule has 0 unspecified atom stereocenters. The average molecular weight is 186 g/mol. The maximum atomic E-state index is 10.5. The molecule has 0 aromatic carbocycles. The van der Waals surface area contributed by atoms with Crippen molar-refractivity contribution >= 4 is 17.3 Å². The Bertz CT molecular complexity index is 289. The third kappa shape index (κ3) is 1.68. The fraction of sp³-hybridized carbons (Fsp3) is 0.375. The molecule has 66 valence electrons. The predicted octanol–water partition coefficient (Wildman–Crippen LogP) is 2.52. The van der Waals surface area contributed by atoms with E-state index in [-0.39, 0.29) is 0 Å². The lowest BCUT2D eigenvalue weighted by molar-refractivity contribution is 1.03. The molecule has 0 saturated heterocycles. The number of hydrogen-bond donors (Lipinski definition) is 1. The van der Waals surface area contributed by atoms with Gasteiger partial charge in [0.25, 0.3) is 0 Å². The predicted molar refractivity (Wildman–Crippen MR) is 50.4 cm³/mol. The van der Waals surface area contributed by atoms with Crippen LogP contribution in [0.4, 0.5) is 5.69 Å². The minimum Gasteiger partial charge on any atom is -0.761 e. The van der Waals surface area contributed by atoms with Crippen LogP contribution in [0.15, 0.2) is 6.07 Å². The fourth-order valence-corrected chi connectivity index (χ4v) is 1.36.